The monoisotopic (exact) mass is 291 g/mol. The van der Waals surface area contributed by atoms with Gasteiger partial charge in [0.15, 0.2) is 0 Å². The standard InChI is InChI=1S/C14H21N5O2/c1-10-11(9-19(4)17-10)16-14(20)15-8-12(18(2)3)13-6-5-7-21-13/h5-7,9,12H,8H2,1-4H3,(H2,15,16,20). The highest BCUT2D eigenvalue weighted by atomic mass is 16.3. The number of carbonyl (C=O) groups is 1. The van der Waals surface area contributed by atoms with Gasteiger partial charge in [-0.3, -0.25) is 9.58 Å². The lowest BCUT2D eigenvalue weighted by atomic mass is 10.2. The Morgan fingerprint density at radius 1 is 1.52 bits per heavy atom. The number of nitrogens with zero attached hydrogens (tertiary/aromatic N) is 3. The summed E-state index contributed by atoms with van der Waals surface area (Å²) in [5.74, 6) is 0.817. The Morgan fingerprint density at radius 2 is 2.29 bits per heavy atom. The molecule has 0 spiro atoms. The summed E-state index contributed by atoms with van der Waals surface area (Å²) in [7, 11) is 5.70. The molecule has 1 unspecified atom stereocenters. The van der Waals surface area contributed by atoms with Crippen LogP contribution in [-0.4, -0.2) is 41.4 Å². The van der Waals surface area contributed by atoms with Crippen LogP contribution in [0, 0.1) is 6.92 Å². The third-order valence-electron chi connectivity index (χ3n) is 3.21. The molecule has 2 heterocycles. The molecule has 2 aromatic rings. The molecule has 0 bridgehead atoms. The van der Waals surface area contributed by atoms with Crippen LogP contribution < -0.4 is 10.6 Å². The van der Waals surface area contributed by atoms with Gasteiger partial charge in [0.2, 0.25) is 0 Å². The fourth-order valence-electron chi connectivity index (χ4n) is 2.10. The number of carbonyl (C=O) groups excluding carboxylic acids is 1. The lowest BCUT2D eigenvalue weighted by Gasteiger charge is -2.22. The van der Waals surface area contributed by atoms with E-state index in [9.17, 15) is 4.79 Å². The van der Waals surface area contributed by atoms with Crippen molar-refractivity contribution in [3.8, 4) is 0 Å². The predicted octanol–water partition coefficient (Wildman–Crippen LogP) is 1.75. The van der Waals surface area contributed by atoms with Gasteiger partial charge in [0.25, 0.3) is 0 Å². The molecule has 2 amide bonds. The van der Waals surface area contributed by atoms with Crippen LogP contribution in [0.2, 0.25) is 0 Å². The highest BCUT2D eigenvalue weighted by Gasteiger charge is 2.18. The normalized spacial score (nSPS) is 12.4. The second-order valence-electron chi connectivity index (χ2n) is 5.13. The van der Waals surface area contributed by atoms with E-state index in [1.807, 2.05) is 45.1 Å². The summed E-state index contributed by atoms with van der Waals surface area (Å²) in [4.78, 5) is 14.0. The molecule has 0 fully saturated rings. The molecule has 0 aromatic carbocycles. The Morgan fingerprint density at radius 3 is 2.81 bits per heavy atom. The Balaban J connectivity index is 1.92. The van der Waals surface area contributed by atoms with Crippen LogP contribution in [0.3, 0.4) is 0 Å². The van der Waals surface area contributed by atoms with Crippen LogP contribution in [0.1, 0.15) is 17.5 Å². The summed E-state index contributed by atoms with van der Waals surface area (Å²) in [6.45, 7) is 2.30. The first-order valence-corrected chi connectivity index (χ1v) is 6.72. The van der Waals surface area contributed by atoms with Crippen molar-refractivity contribution in [3.05, 3.63) is 36.0 Å². The van der Waals surface area contributed by atoms with Crippen molar-refractivity contribution >= 4 is 11.7 Å². The molecular weight excluding hydrogens is 270 g/mol. The molecule has 0 aliphatic rings. The van der Waals surface area contributed by atoms with Crippen LogP contribution in [-0.2, 0) is 7.05 Å². The van der Waals surface area contributed by atoms with E-state index in [1.165, 1.54) is 0 Å². The maximum absolute atomic E-state index is 12.0. The zero-order valence-electron chi connectivity index (χ0n) is 12.8. The van der Waals surface area contributed by atoms with Gasteiger partial charge in [-0.05, 0) is 33.2 Å². The Bertz CT molecular complexity index is 589. The van der Waals surface area contributed by atoms with Crippen molar-refractivity contribution in [2.45, 2.75) is 13.0 Å². The molecule has 0 aliphatic heterocycles. The average molecular weight is 291 g/mol. The van der Waals surface area contributed by atoms with Gasteiger partial charge in [0.1, 0.15) is 5.76 Å². The Kier molecular flexibility index (Phi) is 4.64. The van der Waals surface area contributed by atoms with Crippen molar-refractivity contribution in [1.29, 1.82) is 0 Å². The Hall–Kier alpha value is -2.28. The summed E-state index contributed by atoms with van der Waals surface area (Å²) < 4.78 is 7.07. The highest BCUT2D eigenvalue weighted by molar-refractivity contribution is 5.89. The second kappa shape index (κ2) is 6.45. The number of hydrogen-bond acceptors (Lipinski definition) is 4. The first-order chi connectivity index (χ1) is 9.97. The van der Waals surface area contributed by atoms with Gasteiger partial charge in [0, 0.05) is 19.8 Å². The summed E-state index contributed by atoms with van der Waals surface area (Å²) >= 11 is 0. The number of anilines is 1. The van der Waals surface area contributed by atoms with Crippen molar-refractivity contribution in [2.24, 2.45) is 7.05 Å². The van der Waals surface area contributed by atoms with E-state index in [1.54, 1.807) is 17.1 Å². The number of likely N-dealkylation sites (N-methyl/N-ethyl adjacent to an activating group) is 1. The predicted molar refractivity (Wildman–Crippen MR) is 80.1 cm³/mol. The van der Waals surface area contributed by atoms with Crippen molar-refractivity contribution in [1.82, 2.24) is 20.0 Å². The highest BCUT2D eigenvalue weighted by Crippen LogP contribution is 2.17. The lowest BCUT2D eigenvalue weighted by molar-refractivity contribution is 0.233. The lowest BCUT2D eigenvalue weighted by Crippen LogP contribution is -2.36. The molecule has 0 aliphatic carbocycles. The van der Waals surface area contributed by atoms with Gasteiger partial charge in [-0.1, -0.05) is 0 Å². The van der Waals surface area contributed by atoms with Crippen LogP contribution in [0.15, 0.2) is 29.0 Å². The minimum Gasteiger partial charge on any atom is -0.468 e. The number of urea groups is 1. The summed E-state index contributed by atoms with van der Waals surface area (Å²) in [5, 5.41) is 9.82. The molecule has 0 radical (unpaired) electrons. The van der Waals surface area contributed by atoms with Crippen LogP contribution in [0.25, 0.3) is 0 Å². The number of hydrogen-bond donors (Lipinski definition) is 2. The molecule has 0 saturated carbocycles. The molecule has 2 rings (SSSR count). The summed E-state index contributed by atoms with van der Waals surface area (Å²) in [6.07, 6.45) is 3.40. The number of amides is 2. The fraction of sp³-hybridized carbons (Fsp3) is 0.429. The van der Waals surface area contributed by atoms with E-state index >= 15 is 0 Å². The van der Waals surface area contributed by atoms with Crippen molar-refractivity contribution in [3.63, 3.8) is 0 Å². The van der Waals surface area contributed by atoms with Crippen LogP contribution >= 0.6 is 0 Å². The number of aryl methyl sites for hydroxylation is 2. The molecule has 2 aromatic heterocycles. The molecule has 21 heavy (non-hydrogen) atoms. The van der Waals surface area contributed by atoms with E-state index in [-0.39, 0.29) is 12.1 Å². The molecule has 0 saturated heterocycles. The first-order valence-electron chi connectivity index (χ1n) is 6.72. The third-order valence-corrected chi connectivity index (χ3v) is 3.21. The maximum atomic E-state index is 12.0. The Labute approximate surface area is 123 Å². The van der Waals surface area contributed by atoms with Gasteiger partial charge in [-0.25, -0.2) is 4.79 Å². The van der Waals surface area contributed by atoms with Crippen LogP contribution in [0.5, 0.6) is 0 Å². The van der Waals surface area contributed by atoms with Crippen molar-refractivity contribution < 1.29 is 9.21 Å². The smallest absolute Gasteiger partial charge is 0.319 e. The average Bonchev–Trinajstić information content (AvgIpc) is 3.00. The fourth-order valence-corrected chi connectivity index (χ4v) is 2.10. The van der Waals surface area contributed by atoms with Gasteiger partial charge in [0.05, 0.1) is 23.7 Å². The molecule has 7 heteroatoms. The van der Waals surface area contributed by atoms with Gasteiger partial charge in [-0.15, -0.1) is 0 Å². The topological polar surface area (TPSA) is 75.3 Å². The van der Waals surface area contributed by atoms with E-state index in [4.69, 9.17) is 4.42 Å². The molecule has 1 atom stereocenters. The van der Waals surface area contributed by atoms with E-state index in [2.05, 4.69) is 15.7 Å². The maximum Gasteiger partial charge on any atom is 0.319 e. The molecule has 2 N–H and O–H groups in total. The molecule has 7 nitrogen and oxygen atoms in total. The van der Waals surface area contributed by atoms with Crippen molar-refractivity contribution in [2.75, 3.05) is 26.0 Å². The van der Waals surface area contributed by atoms with E-state index in [0.29, 0.717) is 12.2 Å². The minimum absolute atomic E-state index is 0.0132. The van der Waals surface area contributed by atoms with E-state index < -0.39 is 0 Å². The summed E-state index contributed by atoms with van der Waals surface area (Å²) in [6, 6.07) is 3.46. The number of furan rings is 1. The van der Waals surface area contributed by atoms with Crippen LogP contribution in [0.4, 0.5) is 10.5 Å². The zero-order valence-corrected chi connectivity index (χ0v) is 12.8. The first kappa shape index (κ1) is 15.1. The summed E-state index contributed by atoms with van der Waals surface area (Å²) in [5.41, 5.74) is 1.48. The molecular formula is C14H21N5O2. The third kappa shape index (κ3) is 3.85. The largest absolute Gasteiger partial charge is 0.468 e. The van der Waals surface area contributed by atoms with Gasteiger partial charge < -0.3 is 15.1 Å². The number of nitrogens with one attached hydrogen (secondary N) is 2. The van der Waals surface area contributed by atoms with Gasteiger partial charge >= 0.3 is 6.03 Å². The molecule has 114 valence electrons. The zero-order chi connectivity index (χ0) is 15.4. The SMILES string of the molecule is Cc1nn(C)cc1NC(=O)NCC(c1ccco1)N(C)C. The number of aromatic nitrogens is 2. The number of rotatable bonds is 5. The van der Waals surface area contributed by atoms with E-state index in [0.717, 1.165) is 11.5 Å². The van der Waals surface area contributed by atoms with Gasteiger partial charge in [-0.2, -0.15) is 5.10 Å². The second-order valence-corrected chi connectivity index (χ2v) is 5.13. The quantitative estimate of drug-likeness (QED) is 0.880. The minimum atomic E-state index is -0.260.